The molecule has 0 unspecified atom stereocenters. The molecule has 0 radical (unpaired) electrons. The Morgan fingerprint density at radius 1 is 1.03 bits per heavy atom. The molecule has 9 nitrogen and oxygen atoms in total. The number of carbonyl (C=O) groups excluding carboxylic acids is 3. The van der Waals surface area contributed by atoms with E-state index in [0.29, 0.717) is 44.5 Å². The Labute approximate surface area is 192 Å². The average molecular weight is 449 g/mol. The molecule has 0 aliphatic carbocycles. The van der Waals surface area contributed by atoms with Crippen molar-refractivity contribution < 1.29 is 14.4 Å². The van der Waals surface area contributed by atoms with Crippen molar-refractivity contribution in [1.29, 1.82) is 0 Å². The number of carbonyl (C=O) groups is 3. The number of rotatable bonds is 4. The van der Waals surface area contributed by atoms with E-state index in [-0.39, 0.29) is 23.9 Å². The van der Waals surface area contributed by atoms with Gasteiger partial charge >= 0.3 is 6.03 Å². The Kier molecular flexibility index (Phi) is 5.80. The number of imide groups is 1. The van der Waals surface area contributed by atoms with E-state index in [1.54, 1.807) is 4.90 Å². The smallest absolute Gasteiger partial charge is 0.325 e. The average Bonchev–Trinajstić information content (AvgIpc) is 3.10. The van der Waals surface area contributed by atoms with Crippen LogP contribution in [-0.4, -0.2) is 80.3 Å². The van der Waals surface area contributed by atoms with Crippen LogP contribution in [0.25, 0.3) is 0 Å². The van der Waals surface area contributed by atoms with Crippen molar-refractivity contribution in [3.8, 4) is 0 Å². The highest BCUT2D eigenvalue weighted by atomic mass is 16.2. The summed E-state index contributed by atoms with van der Waals surface area (Å²) in [6.07, 6.45) is 6.86. The molecule has 33 heavy (non-hydrogen) atoms. The van der Waals surface area contributed by atoms with Crippen LogP contribution in [0.3, 0.4) is 0 Å². The molecule has 4 amide bonds. The van der Waals surface area contributed by atoms with Crippen LogP contribution in [0.5, 0.6) is 0 Å². The third-order valence-electron chi connectivity index (χ3n) is 7.05. The van der Waals surface area contributed by atoms with E-state index in [1.807, 2.05) is 18.2 Å². The van der Waals surface area contributed by atoms with Gasteiger partial charge in [-0.3, -0.25) is 24.4 Å². The Morgan fingerprint density at radius 2 is 1.76 bits per heavy atom. The van der Waals surface area contributed by atoms with Crippen LogP contribution in [-0.2, 0) is 11.3 Å². The topological polar surface area (TPSA) is 98.7 Å². The zero-order valence-electron chi connectivity index (χ0n) is 18.5. The summed E-state index contributed by atoms with van der Waals surface area (Å²) in [6, 6.07) is 9.80. The third kappa shape index (κ3) is 4.20. The number of hydrogen-bond acceptors (Lipinski definition) is 6. The first-order valence-corrected chi connectivity index (χ1v) is 11.5. The molecule has 3 aliphatic rings. The van der Waals surface area contributed by atoms with E-state index < -0.39 is 5.54 Å². The normalized spacial score (nSPS) is 21.5. The maximum absolute atomic E-state index is 13.4. The Hall–Kier alpha value is -3.33. The van der Waals surface area contributed by atoms with Crippen LogP contribution >= 0.6 is 0 Å². The van der Waals surface area contributed by atoms with Gasteiger partial charge in [0, 0.05) is 51.2 Å². The van der Waals surface area contributed by atoms with E-state index in [2.05, 4.69) is 32.3 Å². The minimum atomic E-state index is -0.795. The highest BCUT2D eigenvalue weighted by Gasteiger charge is 2.54. The molecule has 3 aliphatic heterocycles. The van der Waals surface area contributed by atoms with Gasteiger partial charge in [-0.2, -0.15) is 0 Å². The van der Waals surface area contributed by atoms with Gasteiger partial charge in [0.1, 0.15) is 11.2 Å². The number of aromatic nitrogens is 2. The molecule has 9 heteroatoms. The first-order valence-electron chi connectivity index (χ1n) is 11.5. The van der Waals surface area contributed by atoms with Crippen molar-refractivity contribution in [2.24, 2.45) is 0 Å². The molecule has 1 spiro atoms. The molecule has 2 aromatic rings. The van der Waals surface area contributed by atoms with Gasteiger partial charge in [0.25, 0.3) is 11.8 Å². The van der Waals surface area contributed by atoms with Gasteiger partial charge in [0.05, 0.1) is 6.20 Å². The minimum absolute atomic E-state index is 0.106. The first kappa shape index (κ1) is 21.5. The molecule has 5 rings (SSSR count). The van der Waals surface area contributed by atoms with Gasteiger partial charge in [-0.05, 0) is 31.2 Å². The number of nitrogens with zero attached hydrogens (tertiary/aromatic N) is 5. The SMILES string of the molecule is O=C(c1cnccn1)N1CCC(N2C(=O)NC3(CCN(Cc4ccccc4)CC3)C2=O)CC1. The molecule has 0 atom stereocenters. The van der Waals surface area contributed by atoms with E-state index >= 15 is 0 Å². The van der Waals surface area contributed by atoms with Gasteiger partial charge in [-0.25, -0.2) is 9.78 Å². The van der Waals surface area contributed by atoms with Crippen molar-refractivity contribution >= 4 is 17.8 Å². The molecule has 1 aromatic heterocycles. The fourth-order valence-corrected chi connectivity index (χ4v) is 5.14. The quantitative estimate of drug-likeness (QED) is 0.715. The first-order chi connectivity index (χ1) is 16.1. The van der Waals surface area contributed by atoms with Crippen LogP contribution < -0.4 is 5.32 Å². The zero-order valence-corrected chi connectivity index (χ0v) is 18.5. The maximum Gasteiger partial charge on any atom is 0.325 e. The van der Waals surface area contributed by atoms with E-state index in [9.17, 15) is 14.4 Å². The second kappa shape index (κ2) is 8.90. The molecule has 0 bridgehead atoms. The van der Waals surface area contributed by atoms with Crippen molar-refractivity contribution in [1.82, 2.24) is 30.0 Å². The fraction of sp³-hybridized carbons (Fsp3) is 0.458. The van der Waals surface area contributed by atoms with Gasteiger partial charge in [-0.15, -0.1) is 0 Å². The molecule has 3 fully saturated rings. The molecule has 4 heterocycles. The molecule has 172 valence electrons. The number of piperidine rings is 2. The number of benzene rings is 1. The van der Waals surface area contributed by atoms with Crippen molar-refractivity contribution in [3.05, 3.63) is 60.2 Å². The molecular formula is C24H28N6O3. The molecular weight excluding hydrogens is 420 g/mol. The van der Waals surface area contributed by atoms with Gasteiger partial charge in [0.2, 0.25) is 0 Å². The summed E-state index contributed by atoms with van der Waals surface area (Å²) in [5, 5.41) is 3.02. The third-order valence-corrected chi connectivity index (χ3v) is 7.05. The molecule has 0 saturated carbocycles. The molecule has 1 aromatic carbocycles. The highest BCUT2D eigenvalue weighted by Crippen LogP contribution is 2.33. The van der Waals surface area contributed by atoms with Crippen LogP contribution in [0.4, 0.5) is 4.79 Å². The molecule has 3 saturated heterocycles. The monoisotopic (exact) mass is 448 g/mol. The second-order valence-electron chi connectivity index (χ2n) is 9.06. The fourth-order valence-electron chi connectivity index (χ4n) is 5.14. The predicted molar refractivity (Wildman–Crippen MR) is 120 cm³/mol. The van der Waals surface area contributed by atoms with Gasteiger partial charge in [0.15, 0.2) is 0 Å². The minimum Gasteiger partial charge on any atom is -0.337 e. The largest absolute Gasteiger partial charge is 0.337 e. The van der Waals surface area contributed by atoms with E-state index in [1.165, 1.54) is 29.1 Å². The lowest BCUT2D eigenvalue weighted by molar-refractivity contribution is -0.135. The van der Waals surface area contributed by atoms with Crippen LogP contribution in [0.15, 0.2) is 48.9 Å². The lowest BCUT2D eigenvalue weighted by Gasteiger charge is -2.38. The standard InChI is InChI=1S/C24H28N6O3/c31-21(20-16-25-10-11-26-20)29-12-6-19(7-13-29)30-22(32)24(27-23(30)33)8-14-28(15-9-24)17-18-4-2-1-3-5-18/h1-5,10-11,16,19H,6-9,12-15,17H2,(H,27,33). The number of likely N-dealkylation sites (tertiary alicyclic amines) is 2. The highest BCUT2D eigenvalue weighted by molar-refractivity contribution is 6.07. The predicted octanol–water partition coefficient (Wildman–Crippen LogP) is 1.67. The number of nitrogens with one attached hydrogen (secondary N) is 1. The number of urea groups is 1. The van der Waals surface area contributed by atoms with E-state index in [4.69, 9.17) is 0 Å². The summed E-state index contributed by atoms with van der Waals surface area (Å²) >= 11 is 0. The van der Waals surface area contributed by atoms with E-state index in [0.717, 1.165) is 19.6 Å². The van der Waals surface area contributed by atoms with Crippen LogP contribution in [0.2, 0.25) is 0 Å². The number of hydrogen-bond donors (Lipinski definition) is 1. The van der Waals surface area contributed by atoms with Crippen LogP contribution in [0.1, 0.15) is 41.7 Å². The van der Waals surface area contributed by atoms with Gasteiger partial charge < -0.3 is 10.2 Å². The summed E-state index contributed by atoms with van der Waals surface area (Å²) in [6.45, 7) is 3.34. The summed E-state index contributed by atoms with van der Waals surface area (Å²) in [5.74, 6) is -0.272. The van der Waals surface area contributed by atoms with Crippen molar-refractivity contribution in [2.75, 3.05) is 26.2 Å². The summed E-state index contributed by atoms with van der Waals surface area (Å²) in [5.41, 5.74) is 0.767. The summed E-state index contributed by atoms with van der Waals surface area (Å²) in [4.78, 5) is 52.4. The van der Waals surface area contributed by atoms with Gasteiger partial charge in [-0.1, -0.05) is 30.3 Å². The Morgan fingerprint density at radius 3 is 2.42 bits per heavy atom. The molecule has 1 N–H and O–H groups in total. The maximum atomic E-state index is 13.4. The zero-order chi connectivity index (χ0) is 22.8. The van der Waals surface area contributed by atoms with Crippen LogP contribution in [0, 0.1) is 0 Å². The lowest BCUT2D eigenvalue weighted by Crippen LogP contribution is -2.55. The lowest BCUT2D eigenvalue weighted by atomic mass is 9.86. The Balaban J connectivity index is 1.18. The summed E-state index contributed by atoms with van der Waals surface area (Å²) < 4.78 is 0. The second-order valence-corrected chi connectivity index (χ2v) is 9.06. The van der Waals surface area contributed by atoms with Crippen molar-refractivity contribution in [3.63, 3.8) is 0 Å². The number of amides is 4. The summed E-state index contributed by atoms with van der Waals surface area (Å²) in [7, 11) is 0. The van der Waals surface area contributed by atoms with Crippen molar-refractivity contribution in [2.45, 2.75) is 43.8 Å². The Bertz CT molecular complexity index is 1020.